The molecule has 4 rings (SSSR count). The molecule has 150 valence electrons. The van der Waals surface area contributed by atoms with Crippen molar-refractivity contribution in [2.75, 3.05) is 39.3 Å². The molecular weight excluding hydrogens is 340 g/mol. The van der Waals surface area contributed by atoms with Gasteiger partial charge in [-0.1, -0.05) is 19.3 Å². The molecule has 1 aromatic rings. The molecule has 0 radical (unpaired) electrons. The summed E-state index contributed by atoms with van der Waals surface area (Å²) in [6.45, 7) is 6.42. The summed E-state index contributed by atoms with van der Waals surface area (Å²) in [4.78, 5) is 17.2. The quantitative estimate of drug-likeness (QED) is 0.845. The van der Waals surface area contributed by atoms with Gasteiger partial charge in [-0.25, -0.2) is 4.68 Å². The van der Waals surface area contributed by atoms with E-state index in [2.05, 4.69) is 14.9 Å². The zero-order chi connectivity index (χ0) is 18.7. The predicted octanol–water partition coefficient (Wildman–Crippen LogP) is 1.43. The minimum Gasteiger partial charge on any atom is -0.389 e. The fraction of sp³-hybridized carbons (Fsp3) is 0.810. The molecule has 2 aliphatic carbocycles. The highest BCUT2D eigenvalue weighted by Crippen LogP contribution is 2.29. The second kappa shape index (κ2) is 8.41. The molecule has 1 N–H and O–H groups in total. The van der Waals surface area contributed by atoms with Gasteiger partial charge in [-0.05, 0) is 44.1 Å². The third kappa shape index (κ3) is 4.79. The Kier molecular flexibility index (Phi) is 5.95. The molecule has 2 heterocycles. The number of aliphatic hydroxyl groups is 1. The molecule has 1 saturated carbocycles. The highest BCUT2D eigenvalue weighted by Gasteiger charge is 2.32. The number of fused-ring (bicyclic) bond motifs is 1. The monoisotopic (exact) mass is 374 g/mol. The van der Waals surface area contributed by atoms with Gasteiger partial charge in [-0.3, -0.25) is 14.6 Å². The summed E-state index contributed by atoms with van der Waals surface area (Å²) < 4.78 is 1.67. The molecule has 0 aromatic carbocycles. The van der Waals surface area contributed by atoms with E-state index in [4.69, 9.17) is 0 Å². The van der Waals surface area contributed by atoms with Crippen molar-refractivity contribution in [2.45, 2.75) is 69.9 Å². The smallest absolute Gasteiger partial charge is 0.267 e. The SMILES string of the molecule is O=c1cc2c(nn1CCN1CCN(CC3(O)CCCCC3)CC1)CCCC2. The molecule has 0 amide bonds. The number of rotatable bonds is 5. The van der Waals surface area contributed by atoms with E-state index in [9.17, 15) is 9.90 Å². The third-order valence-corrected chi connectivity index (χ3v) is 6.67. The first-order valence-corrected chi connectivity index (χ1v) is 10.9. The second-order valence-corrected chi connectivity index (χ2v) is 8.79. The summed E-state index contributed by atoms with van der Waals surface area (Å²) in [5, 5.41) is 15.4. The summed E-state index contributed by atoms with van der Waals surface area (Å²) in [5.74, 6) is 0. The number of β-amino-alcohol motifs (C(OH)–C–C–N with tert-alkyl or cyclic N) is 1. The van der Waals surface area contributed by atoms with Crippen LogP contribution >= 0.6 is 0 Å². The highest BCUT2D eigenvalue weighted by atomic mass is 16.3. The van der Waals surface area contributed by atoms with Crippen LogP contribution in [-0.4, -0.2) is 69.6 Å². The number of aromatic nitrogens is 2. The topological polar surface area (TPSA) is 61.6 Å². The maximum absolute atomic E-state index is 12.3. The van der Waals surface area contributed by atoms with E-state index < -0.39 is 5.60 Å². The minimum atomic E-state index is -0.458. The maximum Gasteiger partial charge on any atom is 0.267 e. The molecule has 1 aliphatic heterocycles. The lowest BCUT2D eigenvalue weighted by Gasteiger charge is -2.41. The first kappa shape index (κ1) is 19.1. The van der Waals surface area contributed by atoms with Gasteiger partial charge in [0.05, 0.1) is 17.8 Å². The van der Waals surface area contributed by atoms with E-state index in [0.29, 0.717) is 6.54 Å². The molecule has 0 spiro atoms. The fourth-order valence-corrected chi connectivity index (χ4v) is 4.95. The summed E-state index contributed by atoms with van der Waals surface area (Å²) in [6, 6.07) is 1.81. The Bertz CT molecular complexity index is 688. The van der Waals surface area contributed by atoms with Gasteiger partial charge in [0.25, 0.3) is 5.56 Å². The van der Waals surface area contributed by atoms with Crippen molar-refractivity contribution >= 4 is 0 Å². The van der Waals surface area contributed by atoms with Crippen LogP contribution in [0.3, 0.4) is 0 Å². The number of piperazine rings is 1. The van der Waals surface area contributed by atoms with Crippen LogP contribution in [0.25, 0.3) is 0 Å². The van der Waals surface area contributed by atoms with Crippen molar-refractivity contribution < 1.29 is 5.11 Å². The largest absolute Gasteiger partial charge is 0.389 e. The lowest BCUT2D eigenvalue weighted by atomic mass is 9.84. The van der Waals surface area contributed by atoms with E-state index in [0.717, 1.165) is 76.2 Å². The molecule has 0 bridgehead atoms. The van der Waals surface area contributed by atoms with Gasteiger partial charge in [-0.2, -0.15) is 5.10 Å². The molecule has 6 nitrogen and oxygen atoms in total. The first-order valence-electron chi connectivity index (χ1n) is 10.9. The standard InChI is InChI=1S/C21H34N4O2/c26-20-16-18-6-2-3-7-19(18)22-25(20)15-14-23-10-12-24(13-11-23)17-21(27)8-4-1-5-9-21/h16,27H,1-15,17H2. The average molecular weight is 375 g/mol. The number of hydrogen-bond donors (Lipinski definition) is 1. The molecule has 1 saturated heterocycles. The van der Waals surface area contributed by atoms with E-state index in [1.165, 1.54) is 32.1 Å². The van der Waals surface area contributed by atoms with Crippen molar-refractivity contribution in [3.63, 3.8) is 0 Å². The van der Waals surface area contributed by atoms with Crippen molar-refractivity contribution in [3.8, 4) is 0 Å². The number of aryl methyl sites for hydroxylation is 2. The zero-order valence-corrected chi connectivity index (χ0v) is 16.5. The molecule has 0 unspecified atom stereocenters. The average Bonchev–Trinajstić information content (AvgIpc) is 2.68. The lowest BCUT2D eigenvalue weighted by Crippen LogP contribution is -2.53. The third-order valence-electron chi connectivity index (χ3n) is 6.67. The van der Waals surface area contributed by atoms with Crippen LogP contribution in [-0.2, 0) is 19.4 Å². The van der Waals surface area contributed by atoms with Gasteiger partial charge >= 0.3 is 0 Å². The van der Waals surface area contributed by atoms with E-state index >= 15 is 0 Å². The van der Waals surface area contributed by atoms with Crippen LogP contribution < -0.4 is 5.56 Å². The van der Waals surface area contributed by atoms with Crippen LogP contribution in [0.1, 0.15) is 56.2 Å². The minimum absolute atomic E-state index is 0.0498. The molecule has 3 aliphatic rings. The van der Waals surface area contributed by atoms with Gasteiger partial charge in [0, 0.05) is 45.3 Å². The Labute approximate surface area is 162 Å². The van der Waals surface area contributed by atoms with Crippen molar-refractivity contribution in [3.05, 3.63) is 27.7 Å². The molecule has 6 heteroatoms. The zero-order valence-electron chi connectivity index (χ0n) is 16.5. The number of nitrogens with zero attached hydrogens (tertiary/aromatic N) is 4. The van der Waals surface area contributed by atoms with Crippen molar-refractivity contribution in [1.29, 1.82) is 0 Å². The van der Waals surface area contributed by atoms with Gasteiger partial charge in [0.1, 0.15) is 0 Å². The van der Waals surface area contributed by atoms with Gasteiger partial charge in [0.15, 0.2) is 0 Å². The van der Waals surface area contributed by atoms with E-state index in [-0.39, 0.29) is 5.56 Å². The van der Waals surface area contributed by atoms with Gasteiger partial charge in [0.2, 0.25) is 0 Å². The van der Waals surface area contributed by atoms with Gasteiger partial charge < -0.3 is 5.11 Å². The van der Waals surface area contributed by atoms with E-state index in [1.54, 1.807) is 4.68 Å². The molecular formula is C21H34N4O2. The van der Waals surface area contributed by atoms with Crippen LogP contribution in [0.5, 0.6) is 0 Å². The number of hydrogen-bond acceptors (Lipinski definition) is 5. The van der Waals surface area contributed by atoms with Crippen molar-refractivity contribution in [2.24, 2.45) is 0 Å². The Morgan fingerprint density at radius 3 is 2.41 bits per heavy atom. The Morgan fingerprint density at radius 1 is 0.926 bits per heavy atom. The second-order valence-electron chi connectivity index (χ2n) is 8.79. The summed E-state index contributed by atoms with van der Waals surface area (Å²) >= 11 is 0. The maximum atomic E-state index is 12.3. The summed E-state index contributed by atoms with van der Waals surface area (Å²) in [6.07, 6.45) is 9.90. The van der Waals surface area contributed by atoms with Gasteiger partial charge in [-0.15, -0.1) is 0 Å². The molecule has 1 aromatic heterocycles. The lowest BCUT2D eigenvalue weighted by molar-refractivity contribution is -0.0356. The fourth-order valence-electron chi connectivity index (χ4n) is 4.95. The van der Waals surface area contributed by atoms with Crippen LogP contribution in [0.4, 0.5) is 0 Å². The normalized spacial score (nSPS) is 23.9. The van der Waals surface area contributed by atoms with Crippen LogP contribution in [0.15, 0.2) is 10.9 Å². The van der Waals surface area contributed by atoms with Crippen molar-refractivity contribution in [1.82, 2.24) is 19.6 Å². The molecule has 2 fully saturated rings. The Hall–Kier alpha value is -1.24. The van der Waals surface area contributed by atoms with Crippen LogP contribution in [0, 0.1) is 0 Å². The summed E-state index contributed by atoms with van der Waals surface area (Å²) in [7, 11) is 0. The van der Waals surface area contributed by atoms with Crippen LogP contribution in [0.2, 0.25) is 0 Å². The Morgan fingerprint density at radius 2 is 1.63 bits per heavy atom. The Balaban J connectivity index is 1.26. The highest BCUT2D eigenvalue weighted by molar-refractivity contribution is 5.20. The molecule has 27 heavy (non-hydrogen) atoms. The van der Waals surface area contributed by atoms with E-state index in [1.807, 2.05) is 6.07 Å². The molecule has 0 atom stereocenters. The predicted molar refractivity (Wildman–Crippen MR) is 106 cm³/mol. The first-order chi connectivity index (χ1) is 13.1. The summed E-state index contributed by atoms with van der Waals surface area (Å²) in [5.41, 5.74) is 1.89.